The molecule has 5 nitrogen and oxygen atoms in total. The summed E-state index contributed by atoms with van der Waals surface area (Å²) in [5.41, 5.74) is 8.20. The average molecular weight is 249 g/mol. The number of aromatic nitrogens is 1. The van der Waals surface area contributed by atoms with Gasteiger partial charge in [0, 0.05) is 6.04 Å². The lowest BCUT2D eigenvalue weighted by molar-refractivity contribution is 0.555. The number of H-pyrrole nitrogens is 1. The van der Waals surface area contributed by atoms with E-state index in [0.29, 0.717) is 5.58 Å². The van der Waals surface area contributed by atoms with Crippen molar-refractivity contribution in [2.75, 3.05) is 13.1 Å². The molecule has 0 aliphatic heterocycles. The molecule has 1 aromatic heterocycles. The minimum absolute atomic E-state index is 0.241. The van der Waals surface area contributed by atoms with Gasteiger partial charge in [-0.25, -0.2) is 4.79 Å². The van der Waals surface area contributed by atoms with Crippen LogP contribution in [0.5, 0.6) is 0 Å². The van der Waals surface area contributed by atoms with Crippen molar-refractivity contribution in [1.82, 2.24) is 10.3 Å². The van der Waals surface area contributed by atoms with Crippen LogP contribution in [0.3, 0.4) is 0 Å². The van der Waals surface area contributed by atoms with E-state index in [-0.39, 0.29) is 6.04 Å². The van der Waals surface area contributed by atoms with Crippen molar-refractivity contribution in [3.05, 3.63) is 34.3 Å². The summed E-state index contributed by atoms with van der Waals surface area (Å²) in [6, 6.07) is 5.99. The summed E-state index contributed by atoms with van der Waals surface area (Å²) >= 11 is 0. The minimum atomic E-state index is -0.405. The number of hydrogen-bond acceptors (Lipinski definition) is 4. The SMILES string of the molecule is CC(N)CCNCCc1ccc2oc(=O)[nH]c2c1. The first kappa shape index (κ1) is 12.9. The van der Waals surface area contributed by atoms with Crippen molar-refractivity contribution in [1.29, 1.82) is 0 Å². The molecule has 2 rings (SSSR count). The van der Waals surface area contributed by atoms with E-state index in [9.17, 15) is 4.79 Å². The molecule has 0 radical (unpaired) electrons. The Labute approximate surface area is 105 Å². The fourth-order valence-corrected chi connectivity index (χ4v) is 1.84. The molecule has 0 aliphatic rings. The second-order valence-corrected chi connectivity index (χ2v) is 4.61. The summed E-state index contributed by atoms with van der Waals surface area (Å²) in [6.45, 7) is 3.84. The summed E-state index contributed by atoms with van der Waals surface area (Å²) in [4.78, 5) is 13.7. The fraction of sp³-hybridized carbons (Fsp3) is 0.462. The lowest BCUT2D eigenvalue weighted by Gasteiger charge is -2.06. The van der Waals surface area contributed by atoms with Crippen LogP contribution in [0.25, 0.3) is 11.1 Å². The van der Waals surface area contributed by atoms with Crippen LogP contribution in [0.1, 0.15) is 18.9 Å². The first-order valence-corrected chi connectivity index (χ1v) is 6.23. The van der Waals surface area contributed by atoms with Gasteiger partial charge in [-0.2, -0.15) is 0 Å². The molecule has 0 aliphatic carbocycles. The first-order valence-electron chi connectivity index (χ1n) is 6.23. The van der Waals surface area contributed by atoms with Gasteiger partial charge in [0.25, 0.3) is 0 Å². The highest BCUT2D eigenvalue weighted by Crippen LogP contribution is 2.12. The quantitative estimate of drug-likeness (QED) is 0.667. The van der Waals surface area contributed by atoms with Crippen molar-refractivity contribution in [2.45, 2.75) is 25.8 Å². The van der Waals surface area contributed by atoms with E-state index in [1.807, 2.05) is 25.1 Å². The Balaban J connectivity index is 1.86. The van der Waals surface area contributed by atoms with Gasteiger partial charge in [0.1, 0.15) is 0 Å². The molecule has 0 saturated heterocycles. The molecule has 2 aromatic rings. The van der Waals surface area contributed by atoms with Crippen LogP contribution in [-0.2, 0) is 6.42 Å². The van der Waals surface area contributed by atoms with Crippen LogP contribution in [0.15, 0.2) is 27.4 Å². The van der Waals surface area contributed by atoms with E-state index in [2.05, 4.69) is 10.3 Å². The number of nitrogens with one attached hydrogen (secondary N) is 2. The minimum Gasteiger partial charge on any atom is -0.408 e. The van der Waals surface area contributed by atoms with Crippen molar-refractivity contribution in [3.8, 4) is 0 Å². The standard InChI is InChI=1S/C13H19N3O2/c1-9(14)4-6-15-7-5-10-2-3-12-11(8-10)16-13(17)18-12/h2-3,8-9,15H,4-7,14H2,1H3,(H,16,17). The number of aromatic amines is 1. The van der Waals surface area contributed by atoms with Gasteiger partial charge in [-0.05, 0) is 50.6 Å². The molecule has 0 spiro atoms. The monoisotopic (exact) mass is 249 g/mol. The largest absolute Gasteiger partial charge is 0.417 e. The highest BCUT2D eigenvalue weighted by atomic mass is 16.4. The van der Waals surface area contributed by atoms with Crippen LogP contribution in [-0.4, -0.2) is 24.1 Å². The van der Waals surface area contributed by atoms with Crippen LogP contribution in [0.4, 0.5) is 0 Å². The Bertz CT molecular complexity index is 557. The lowest BCUT2D eigenvalue weighted by Crippen LogP contribution is -2.25. The zero-order chi connectivity index (χ0) is 13.0. The number of nitrogens with two attached hydrogens (primary N) is 1. The first-order chi connectivity index (χ1) is 8.65. The molecule has 0 fully saturated rings. The Hall–Kier alpha value is -1.59. The summed E-state index contributed by atoms with van der Waals surface area (Å²) < 4.78 is 4.95. The molecular weight excluding hydrogens is 230 g/mol. The van der Waals surface area contributed by atoms with Gasteiger partial charge in [-0.3, -0.25) is 4.98 Å². The summed E-state index contributed by atoms with van der Waals surface area (Å²) in [6.07, 6.45) is 1.90. The van der Waals surface area contributed by atoms with Crippen LogP contribution in [0, 0.1) is 0 Å². The van der Waals surface area contributed by atoms with E-state index in [1.165, 1.54) is 5.56 Å². The van der Waals surface area contributed by atoms with E-state index in [4.69, 9.17) is 10.2 Å². The highest BCUT2D eigenvalue weighted by Gasteiger charge is 2.02. The van der Waals surface area contributed by atoms with Crippen molar-refractivity contribution >= 4 is 11.1 Å². The van der Waals surface area contributed by atoms with Crippen molar-refractivity contribution in [3.63, 3.8) is 0 Å². The van der Waals surface area contributed by atoms with Gasteiger partial charge in [0.2, 0.25) is 0 Å². The number of benzene rings is 1. The topological polar surface area (TPSA) is 84.0 Å². The van der Waals surface area contributed by atoms with E-state index in [0.717, 1.165) is 31.4 Å². The summed E-state index contributed by atoms with van der Waals surface area (Å²) in [5.74, 6) is -0.405. The molecular formula is C13H19N3O2. The van der Waals surface area contributed by atoms with Crippen molar-refractivity contribution in [2.24, 2.45) is 5.73 Å². The third-order valence-corrected chi connectivity index (χ3v) is 2.85. The fourth-order valence-electron chi connectivity index (χ4n) is 1.84. The molecule has 0 bridgehead atoms. The van der Waals surface area contributed by atoms with Crippen molar-refractivity contribution < 1.29 is 4.42 Å². The Morgan fingerprint density at radius 3 is 3.06 bits per heavy atom. The second-order valence-electron chi connectivity index (χ2n) is 4.61. The maximum Gasteiger partial charge on any atom is 0.417 e. The predicted octanol–water partition coefficient (Wildman–Crippen LogP) is 0.990. The maximum atomic E-state index is 11.0. The normalized spacial score (nSPS) is 13.0. The third kappa shape index (κ3) is 3.45. The molecule has 1 atom stereocenters. The number of fused-ring (bicyclic) bond motifs is 1. The van der Waals surface area contributed by atoms with Gasteiger partial charge in [0.15, 0.2) is 5.58 Å². The average Bonchev–Trinajstić information content (AvgIpc) is 2.67. The Morgan fingerprint density at radius 2 is 2.28 bits per heavy atom. The molecule has 1 aromatic carbocycles. The van der Waals surface area contributed by atoms with Gasteiger partial charge in [-0.15, -0.1) is 0 Å². The molecule has 5 heteroatoms. The van der Waals surface area contributed by atoms with Crippen LogP contribution >= 0.6 is 0 Å². The Kier molecular flexibility index (Phi) is 4.17. The molecule has 98 valence electrons. The number of oxazole rings is 1. The zero-order valence-electron chi connectivity index (χ0n) is 10.5. The smallest absolute Gasteiger partial charge is 0.408 e. The lowest BCUT2D eigenvalue weighted by atomic mass is 10.1. The van der Waals surface area contributed by atoms with E-state index >= 15 is 0 Å². The maximum absolute atomic E-state index is 11.0. The summed E-state index contributed by atoms with van der Waals surface area (Å²) in [7, 11) is 0. The number of hydrogen-bond donors (Lipinski definition) is 3. The molecule has 0 amide bonds. The van der Waals surface area contributed by atoms with Gasteiger partial charge in [-0.1, -0.05) is 6.07 Å². The van der Waals surface area contributed by atoms with Gasteiger partial charge >= 0.3 is 5.76 Å². The molecule has 1 heterocycles. The molecule has 0 saturated carbocycles. The third-order valence-electron chi connectivity index (χ3n) is 2.85. The second kappa shape index (κ2) is 5.84. The van der Waals surface area contributed by atoms with Gasteiger partial charge < -0.3 is 15.5 Å². The zero-order valence-corrected chi connectivity index (χ0v) is 10.5. The van der Waals surface area contributed by atoms with E-state index in [1.54, 1.807) is 0 Å². The molecule has 1 unspecified atom stereocenters. The number of rotatable bonds is 6. The summed E-state index contributed by atoms with van der Waals surface area (Å²) in [5, 5.41) is 3.34. The predicted molar refractivity (Wildman–Crippen MR) is 71.7 cm³/mol. The highest BCUT2D eigenvalue weighted by molar-refractivity contribution is 5.72. The van der Waals surface area contributed by atoms with Crippen LogP contribution in [0.2, 0.25) is 0 Å². The van der Waals surface area contributed by atoms with E-state index < -0.39 is 5.76 Å². The molecule has 18 heavy (non-hydrogen) atoms. The van der Waals surface area contributed by atoms with Crippen LogP contribution < -0.4 is 16.8 Å². The Morgan fingerprint density at radius 1 is 1.44 bits per heavy atom. The molecule has 4 N–H and O–H groups in total. The van der Waals surface area contributed by atoms with Gasteiger partial charge in [0.05, 0.1) is 5.52 Å².